The van der Waals surface area contributed by atoms with Gasteiger partial charge in [0, 0.05) is 5.56 Å². The van der Waals surface area contributed by atoms with E-state index in [4.69, 9.17) is 5.11 Å². The Morgan fingerprint density at radius 2 is 1.67 bits per heavy atom. The largest absolute Gasteiger partial charge is 0.481 e. The molecule has 0 aliphatic carbocycles. The van der Waals surface area contributed by atoms with Crippen LogP contribution >= 0.6 is 0 Å². The van der Waals surface area contributed by atoms with Gasteiger partial charge in [-0.2, -0.15) is 0 Å². The summed E-state index contributed by atoms with van der Waals surface area (Å²) >= 11 is 0. The number of carbonyl (C=O) groups excluding carboxylic acids is 1. The van der Waals surface area contributed by atoms with E-state index in [2.05, 4.69) is 10.3 Å². The van der Waals surface area contributed by atoms with Crippen LogP contribution in [0.5, 0.6) is 0 Å². The van der Waals surface area contributed by atoms with Crippen LogP contribution in [0.15, 0.2) is 72.8 Å². The molecule has 136 valence electrons. The number of nitrogens with zero attached hydrogens (tertiary/aromatic N) is 1. The van der Waals surface area contributed by atoms with Crippen LogP contribution in [0.25, 0.3) is 11.3 Å². The first-order valence-corrected chi connectivity index (χ1v) is 8.34. The van der Waals surface area contributed by atoms with Crippen LogP contribution in [0, 0.1) is 5.82 Å². The van der Waals surface area contributed by atoms with Gasteiger partial charge in [0.1, 0.15) is 11.5 Å². The predicted octanol–water partition coefficient (Wildman–Crippen LogP) is 3.83. The second kappa shape index (κ2) is 8.23. The Morgan fingerprint density at radius 1 is 0.963 bits per heavy atom. The van der Waals surface area contributed by atoms with Gasteiger partial charge in [-0.3, -0.25) is 9.59 Å². The second-order valence-electron chi connectivity index (χ2n) is 5.92. The Kier molecular flexibility index (Phi) is 5.56. The fourth-order valence-electron chi connectivity index (χ4n) is 2.72. The predicted molar refractivity (Wildman–Crippen MR) is 98.5 cm³/mol. The zero-order valence-electron chi connectivity index (χ0n) is 14.3. The minimum atomic E-state index is -1.03. The average molecular weight is 364 g/mol. The van der Waals surface area contributed by atoms with E-state index < -0.39 is 23.7 Å². The average Bonchev–Trinajstić information content (AvgIpc) is 2.68. The normalized spacial score (nSPS) is 11.6. The van der Waals surface area contributed by atoms with Crippen LogP contribution in [0.2, 0.25) is 0 Å². The lowest BCUT2D eigenvalue weighted by Crippen LogP contribution is -2.30. The third kappa shape index (κ3) is 4.55. The molecule has 0 radical (unpaired) electrons. The number of hydrogen-bond acceptors (Lipinski definition) is 3. The summed E-state index contributed by atoms with van der Waals surface area (Å²) < 4.78 is 14.0. The first-order valence-electron chi connectivity index (χ1n) is 8.34. The Morgan fingerprint density at radius 3 is 2.37 bits per heavy atom. The van der Waals surface area contributed by atoms with Gasteiger partial charge in [-0.1, -0.05) is 48.5 Å². The van der Waals surface area contributed by atoms with Crippen molar-refractivity contribution >= 4 is 11.9 Å². The van der Waals surface area contributed by atoms with Gasteiger partial charge in [0.15, 0.2) is 0 Å². The van der Waals surface area contributed by atoms with E-state index in [1.54, 1.807) is 54.6 Å². The van der Waals surface area contributed by atoms with Crippen LogP contribution in [-0.4, -0.2) is 22.0 Å². The number of hydrogen-bond donors (Lipinski definition) is 2. The molecule has 1 heterocycles. The highest BCUT2D eigenvalue weighted by Gasteiger charge is 2.20. The molecule has 0 saturated heterocycles. The molecule has 5 nitrogen and oxygen atoms in total. The molecule has 0 spiro atoms. The van der Waals surface area contributed by atoms with E-state index in [1.807, 2.05) is 6.07 Å². The van der Waals surface area contributed by atoms with Crippen molar-refractivity contribution in [1.29, 1.82) is 0 Å². The van der Waals surface area contributed by atoms with E-state index >= 15 is 0 Å². The monoisotopic (exact) mass is 364 g/mol. The lowest BCUT2D eigenvalue weighted by molar-refractivity contribution is -0.137. The lowest BCUT2D eigenvalue weighted by Gasteiger charge is -2.17. The quantitative estimate of drug-likeness (QED) is 0.697. The number of rotatable bonds is 6. The third-order valence-corrected chi connectivity index (χ3v) is 4.02. The number of aromatic nitrogens is 1. The third-order valence-electron chi connectivity index (χ3n) is 4.02. The van der Waals surface area contributed by atoms with Gasteiger partial charge in [-0.05, 0) is 29.8 Å². The van der Waals surface area contributed by atoms with Crippen molar-refractivity contribution < 1.29 is 19.1 Å². The van der Waals surface area contributed by atoms with E-state index in [0.29, 0.717) is 11.3 Å². The Bertz CT molecular complexity index is 960. The number of nitrogens with one attached hydrogen (secondary N) is 1. The molecule has 27 heavy (non-hydrogen) atoms. The van der Waals surface area contributed by atoms with E-state index in [1.165, 1.54) is 12.1 Å². The number of aliphatic carboxylic acids is 1. The molecule has 2 aromatic carbocycles. The number of carboxylic acids is 1. The maximum absolute atomic E-state index is 14.0. The fraction of sp³-hybridized carbons (Fsp3) is 0.0952. The maximum atomic E-state index is 14.0. The highest BCUT2D eigenvalue weighted by molar-refractivity contribution is 5.93. The Balaban J connectivity index is 1.85. The van der Waals surface area contributed by atoms with E-state index in [0.717, 1.165) is 0 Å². The highest BCUT2D eigenvalue weighted by Crippen LogP contribution is 2.21. The topological polar surface area (TPSA) is 79.3 Å². The van der Waals surface area contributed by atoms with Gasteiger partial charge in [0.05, 0.1) is 18.2 Å². The van der Waals surface area contributed by atoms with Crippen LogP contribution in [0.1, 0.15) is 28.5 Å². The number of amides is 1. The second-order valence-corrected chi connectivity index (χ2v) is 5.92. The highest BCUT2D eigenvalue weighted by atomic mass is 19.1. The van der Waals surface area contributed by atoms with Crippen molar-refractivity contribution in [2.75, 3.05) is 0 Å². The van der Waals surface area contributed by atoms with E-state index in [-0.39, 0.29) is 17.7 Å². The molecule has 2 N–H and O–H groups in total. The summed E-state index contributed by atoms with van der Waals surface area (Å²) in [6.45, 7) is 0. The zero-order chi connectivity index (χ0) is 19.2. The summed E-state index contributed by atoms with van der Waals surface area (Å²) in [5, 5.41) is 11.8. The summed E-state index contributed by atoms with van der Waals surface area (Å²) in [6, 6.07) is 19.0. The number of carbonyl (C=O) groups is 2. The number of halogens is 1. The van der Waals surface area contributed by atoms with Crippen molar-refractivity contribution in [3.8, 4) is 11.3 Å². The molecule has 1 aromatic heterocycles. The fourth-order valence-corrected chi connectivity index (χ4v) is 2.72. The van der Waals surface area contributed by atoms with Gasteiger partial charge in [0.2, 0.25) is 0 Å². The molecule has 3 aromatic rings. The summed E-state index contributed by atoms with van der Waals surface area (Å²) in [4.78, 5) is 28.0. The first-order chi connectivity index (χ1) is 13.0. The van der Waals surface area contributed by atoms with Crippen LogP contribution in [0.3, 0.4) is 0 Å². The minimum Gasteiger partial charge on any atom is -0.481 e. The van der Waals surface area contributed by atoms with Crippen molar-refractivity contribution in [1.82, 2.24) is 10.3 Å². The minimum absolute atomic E-state index is 0.0853. The standard InChI is InChI=1S/C21H17FN2O3/c22-16-10-5-4-9-15(16)17-11-6-12-18(23-17)21(27)24-19(13-20(25)26)14-7-2-1-3-8-14/h1-12,19H,13H2,(H,24,27)(H,25,26). The molecule has 1 unspecified atom stereocenters. The van der Waals surface area contributed by atoms with Crippen LogP contribution < -0.4 is 5.32 Å². The van der Waals surface area contributed by atoms with Crippen molar-refractivity contribution in [2.45, 2.75) is 12.5 Å². The molecular formula is C21H17FN2O3. The SMILES string of the molecule is O=C(O)CC(NC(=O)c1cccc(-c2ccccc2F)n1)c1ccccc1. The summed E-state index contributed by atoms with van der Waals surface area (Å²) in [7, 11) is 0. The van der Waals surface area contributed by atoms with Gasteiger partial charge < -0.3 is 10.4 Å². The van der Waals surface area contributed by atoms with Crippen molar-refractivity contribution in [3.05, 3.63) is 89.9 Å². The lowest BCUT2D eigenvalue weighted by atomic mass is 10.0. The molecule has 3 rings (SSSR count). The van der Waals surface area contributed by atoms with Gasteiger partial charge >= 0.3 is 5.97 Å². The van der Waals surface area contributed by atoms with Crippen molar-refractivity contribution in [2.24, 2.45) is 0 Å². The Labute approximate surface area is 155 Å². The van der Waals surface area contributed by atoms with Crippen molar-refractivity contribution in [3.63, 3.8) is 0 Å². The smallest absolute Gasteiger partial charge is 0.305 e. The zero-order valence-corrected chi connectivity index (χ0v) is 14.3. The maximum Gasteiger partial charge on any atom is 0.305 e. The first kappa shape index (κ1) is 18.3. The van der Waals surface area contributed by atoms with Gasteiger partial charge in [-0.25, -0.2) is 9.37 Å². The summed E-state index contributed by atoms with van der Waals surface area (Å²) in [5.41, 5.74) is 1.38. The van der Waals surface area contributed by atoms with Gasteiger partial charge in [-0.15, -0.1) is 0 Å². The van der Waals surface area contributed by atoms with Gasteiger partial charge in [0.25, 0.3) is 5.91 Å². The van der Waals surface area contributed by atoms with E-state index in [9.17, 15) is 14.0 Å². The molecule has 1 amide bonds. The summed E-state index contributed by atoms with van der Waals surface area (Å²) in [5.74, 6) is -1.99. The Hall–Kier alpha value is -3.54. The molecule has 1 atom stereocenters. The molecular weight excluding hydrogens is 347 g/mol. The molecule has 0 fully saturated rings. The van der Waals surface area contributed by atoms with Crippen LogP contribution in [0.4, 0.5) is 4.39 Å². The number of carboxylic acid groups (broad SMARTS) is 1. The molecule has 0 aliphatic heterocycles. The number of pyridine rings is 1. The number of benzene rings is 2. The summed E-state index contributed by atoms with van der Waals surface area (Å²) in [6.07, 6.45) is -0.261. The molecule has 6 heteroatoms. The molecule has 0 aliphatic rings. The molecule has 0 saturated carbocycles. The van der Waals surface area contributed by atoms with Crippen LogP contribution in [-0.2, 0) is 4.79 Å². The molecule has 0 bridgehead atoms.